The van der Waals surface area contributed by atoms with Gasteiger partial charge in [0.05, 0.1) is 21.6 Å². The maximum Gasteiger partial charge on any atom is 0.270 e. The van der Waals surface area contributed by atoms with E-state index in [-0.39, 0.29) is 28.9 Å². The fraction of sp³-hybridized carbons (Fsp3) is 0.235. The van der Waals surface area contributed by atoms with Crippen LogP contribution in [0.1, 0.15) is 29.8 Å². The Hall–Kier alpha value is -2.60. The SMILES string of the molecule is CC(C)Oc1ccc(CNC(=O)c2cc([N+](=O)[O-])ccc2Cl)cc1. The summed E-state index contributed by atoms with van der Waals surface area (Å²) < 4.78 is 5.55. The first-order valence-electron chi connectivity index (χ1n) is 7.34. The number of non-ortho nitro benzene ring substituents is 1. The maximum absolute atomic E-state index is 12.2. The molecule has 24 heavy (non-hydrogen) atoms. The molecule has 0 saturated carbocycles. The lowest BCUT2D eigenvalue weighted by Crippen LogP contribution is -2.23. The van der Waals surface area contributed by atoms with Gasteiger partial charge in [-0.2, -0.15) is 0 Å². The summed E-state index contributed by atoms with van der Waals surface area (Å²) >= 11 is 5.95. The van der Waals surface area contributed by atoms with E-state index in [1.165, 1.54) is 12.1 Å². The predicted molar refractivity (Wildman–Crippen MR) is 91.5 cm³/mol. The first-order chi connectivity index (χ1) is 11.4. The summed E-state index contributed by atoms with van der Waals surface area (Å²) in [6.45, 7) is 4.16. The van der Waals surface area contributed by atoms with Crippen molar-refractivity contribution in [3.05, 3.63) is 68.7 Å². The largest absolute Gasteiger partial charge is 0.491 e. The zero-order valence-corrected chi connectivity index (χ0v) is 14.0. The smallest absolute Gasteiger partial charge is 0.270 e. The minimum absolute atomic E-state index is 0.0747. The lowest BCUT2D eigenvalue weighted by atomic mass is 10.1. The van der Waals surface area contributed by atoms with E-state index in [0.29, 0.717) is 0 Å². The molecule has 0 aromatic heterocycles. The molecule has 0 radical (unpaired) electrons. The number of nitro benzene ring substituents is 1. The number of amides is 1. The van der Waals surface area contributed by atoms with E-state index < -0.39 is 10.8 Å². The van der Waals surface area contributed by atoms with Crippen LogP contribution in [0, 0.1) is 10.1 Å². The first-order valence-corrected chi connectivity index (χ1v) is 7.72. The van der Waals surface area contributed by atoms with Crippen LogP contribution in [0.15, 0.2) is 42.5 Å². The third-order valence-electron chi connectivity index (χ3n) is 3.15. The molecular formula is C17H17ClN2O4. The van der Waals surface area contributed by atoms with Crippen LogP contribution in [0.3, 0.4) is 0 Å². The Balaban J connectivity index is 2.03. The Morgan fingerprint density at radius 3 is 2.50 bits per heavy atom. The lowest BCUT2D eigenvalue weighted by Gasteiger charge is -2.11. The number of hydrogen-bond acceptors (Lipinski definition) is 4. The minimum Gasteiger partial charge on any atom is -0.491 e. The van der Waals surface area contributed by atoms with E-state index in [4.69, 9.17) is 16.3 Å². The fourth-order valence-electron chi connectivity index (χ4n) is 2.04. The standard InChI is InChI=1S/C17H17ClN2O4/c1-11(2)24-14-6-3-12(4-7-14)10-19-17(21)15-9-13(20(22)23)5-8-16(15)18/h3-9,11H,10H2,1-2H3,(H,19,21). The number of benzene rings is 2. The molecule has 0 spiro atoms. The molecule has 0 saturated heterocycles. The van der Waals surface area contributed by atoms with Gasteiger partial charge in [0.2, 0.25) is 0 Å². The van der Waals surface area contributed by atoms with Gasteiger partial charge in [0, 0.05) is 18.7 Å². The molecule has 0 atom stereocenters. The third-order valence-corrected chi connectivity index (χ3v) is 3.48. The van der Waals surface area contributed by atoms with Crippen LogP contribution in [0.4, 0.5) is 5.69 Å². The van der Waals surface area contributed by atoms with E-state index in [0.717, 1.165) is 17.4 Å². The van der Waals surface area contributed by atoms with Crippen LogP contribution in [0.25, 0.3) is 0 Å². The molecule has 0 heterocycles. The van der Waals surface area contributed by atoms with Crippen LogP contribution in [-0.2, 0) is 6.54 Å². The van der Waals surface area contributed by atoms with Crippen LogP contribution in [0.5, 0.6) is 5.75 Å². The normalized spacial score (nSPS) is 10.5. The zero-order chi connectivity index (χ0) is 17.7. The van der Waals surface area contributed by atoms with Gasteiger partial charge < -0.3 is 10.1 Å². The second-order valence-corrected chi connectivity index (χ2v) is 5.82. The van der Waals surface area contributed by atoms with Crippen molar-refractivity contribution in [3.63, 3.8) is 0 Å². The minimum atomic E-state index is -0.569. The first kappa shape index (κ1) is 17.7. The summed E-state index contributed by atoms with van der Waals surface area (Å²) in [5.41, 5.74) is 0.770. The molecule has 2 aromatic rings. The monoisotopic (exact) mass is 348 g/mol. The Morgan fingerprint density at radius 2 is 1.92 bits per heavy atom. The second kappa shape index (κ2) is 7.79. The molecule has 2 aromatic carbocycles. The summed E-state index contributed by atoms with van der Waals surface area (Å²) in [4.78, 5) is 22.4. The maximum atomic E-state index is 12.2. The van der Waals surface area contributed by atoms with Crippen LogP contribution < -0.4 is 10.1 Å². The van der Waals surface area contributed by atoms with Gasteiger partial charge in [0.25, 0.3) is 11.6 Å². The number of halogens is 1. The van der Waals surface area contributed by atoms with Crippen molar-refractivity contribution in [1.82, 2.24) is 5.32 Å². The van der Waals surface area contributed by atoms with E-state index in [1.54, 1.807) is 0 Å². The van der Waals surface area contributed by atoms with E-state index in [9.17, 15) is 14.9 Å². The Labute approximate surface area is 144 Å². The summed E-state index contributed by atoms with van der Waals surface area (Å²) in [6, 6.07) is 11.1. The number of hydrogen-bond donors (Lipinski definition) is 1. The molecule has 0 unspecified atom stereocenters. The molecular weight excluding hydrogens is 332 g/mol. The highest BCUT2D eigenvalue weighted by Crippen LogP contribution is 2.22. The van der Waals surface area contributed by atoms with Crippen molar-refractivity contribution >= 4 is 23.2 Å². The number of rotatable bonds is 6. The topological polar surface area (TPSA) is 81.5 Å². The Bertz CT molecular complexity index is 745. The molecule has 2 rings (SSSR count). The van der Waals surface area contributed by atoms with E-state index >= 15 is 0 Å². The van der Waals surface area contributed by atoms with Gasteiger partial charge in [-0.05, 0) is 37.6 Å². The predicted octanol–water partition coefficient (Wildman–Crippen LogP) is 3.97. The van der Waals surface area contributed by atoms with Crippen molar-refractivity contribution in [2.45, 2.75) is 26.5 Å². The second-order valence-electron chi connectivity index (χ2n) is 5.41. The number of nitro groups is 1. The third kappa shape index (κ3) is 4.70. The Kier molecular flexibility index (Phi) is 5.76. The molecule has 1 N–H and O–H groups in total. The fourth-order valence-corrected chi connectivity index (χ4v) is 2.24. The van der Waals surface area contributed by atoms with Crippen molar-refractivity contribution in [2.24, 2.45) is 0 Å². The molecule has 0 aliphatic carbocycles. The summed E-state index contributed by atoms with van der Waals surface area (Å²) in [7, 11) is 0. The van der Waals surface area contributed by atoms with Gasteiger partial charge >= 0.3 is 0 Å². The highest BCUT2D eigenvalue weighted by atomic mass is 35.5. The molecule has 126 valence electrons. The quantitative estimate of drug-likeness (QED) is 0.632. The highest BCUT2D eigenvalue weighted by molar-refractivity contribution is 6.33. The average molecular weight is 349 g/mol. The van der Waals surface area contributed by atoms with Crippen LogP contribution in [0.2, 0.25) is 5.02 Å². The summed E-state index contributed by atoms with van der Waals surface area (Å²) in [5.74, 6) is 0.285. The van der Waals surface area contributed by atoms with Gasteiger partial charge in [-0.1, -0.05) is 23.7 Å². The van der Waals surface area contributed by atoms with E-state index in [1.807, 2.05) is 38.1 Å². The number of ether oxygens (including phenoxy) is 1. The van der Waals surface area contributed by atoms with Crippen molar-refractivity contribution < 1.29 is 14.5 Å². The number of carbonyl (C=O) groups excluding carboxylic acids is 1. The van der Waals surface area contributed by atoms with Gasteiger partial charge in [-0.15, -0.1) is 0 Å². The van der Waals surface area contributed by atoms with Crippen LogP contribution >= 0.6 is 11.6 Å². The van der Waals surface area contributed by atoms with Crippen molar-refractivity contribution in [1.29, 1.82) is 0 Å². The number of nitrogens with one attached hydrogen (secondary N) is 1. The lowest BCUT2D eigenvalue weighted by molar-refractivity contribution is -0.384. The van der Waals surface area contributed by atoms with E-state index in [2.05, 4.69) is 5.32 Å². The summed E-state index contributed by atoms with van der Waals surface area (Å²) in [5, 5.41) is 13.7. The zero-order valence-electron chi connectivity index (χ0n) is 13.3. The molecule has 6 nitrogen and oxygen atoms in total. The molecule has 0 aliphatic heterocycles. The molecule has 0 bridgehead atoms. The average Bonchev–Trinajstić information content (AvgIpc) is 2.53. The van der Waals surface area contributed by atoms with Crippen molar-refractivity contribution in [2.75, 3.05) is 0 Å². The van der Waals surface area contributed by atoms with Crippen LogP contribution in [-0.4, -0.2) is 16.9 Å². The molecule has 7 heteroatoms. The molecule has 0 aliphatic rings. The van der Waals surface area contributed by atoms with Crippen molar-refractivity contribution in [3.8, 4) is 5.75 Å². The Morgan fingerprint density at radius 1 is 1.25 bits per heavy atom. The van der Waals surface area contributed by atoms with Gasteiger partial charge in [-0.25, -0.2) is 0 Å². The highest BCUT2D eigenvalue weighted by Gasteiger charge is 2.15. The number of carbonyl (C=O) groups is 1. The number of nitrogens with zero attached hydrogens (tertiary/aromatic N) is 1. The van der Waals surface area contributed by atoms with Gasteiger partial charge in [0.1, 0.15) is 5.75 Å². The molecule has 0 fully saturated rings. The van der Waals surface area contributed by atoms with Gasteiger partial charge in [-0.3, -0.25) is 14.9 Å². The summed E-state index contributed by atoms with van der Waals surface area (Å²) in [6.07, 6.45) is 0.0894. The molecule has 1 amide bonds. The van der Waals surface area contributed by atoms with Gasteiger partial charge in [0.15, 0.2) is 0 Å².